The summed E-state index contributed by atoms with van der Waals surface area (Å²) in [6, 6.07) is 2.82. The predicted molar refractivity (Wildman–Crippen MR) is 99.6 cm³/mol. The van der Waals surface area contributed by atoms with Gasteiger partial charge in [-0.25, -0.2) is 0 Å². The highest BCUT2D eigenvalue weighted by atomic mass is 16.5. The molecule has 28 heavy (non-hydrogen) atoms. The maximum absolute atomic E-state index is 13.3. The normalized spacial score (nSPS) is 23.8. The zero-order valence-corrected chi connectivity index (χ0v) is 15.6. The minimum atomic E-state index is -0.768. The number of piperidine rings is 1. The second-order valence-electron chi connectivity index (χ2n) is 7.24. The number of fused-ring (bicyclic) bond motifs is 3. The van der Waals surface area contributed by atoms with Gasteiger partial charge >= 0.3 is 0 Å². The molecule has 1 aromatic rings. The molecule has 1 aromatic carbocycles. The SMILES string of the molecule is CN(C(=O)c1c(C=O)ccc2c1OCC1CNCCN21)C1CCC(=O)NC1=O. The van der Waals surface area contributed by atoms with Crippen LogP contribution in [-0.4, -0.2) is 74.3 Å². The van der Waals surface area contributed by atoms with Crippen molar-refractivity contribution < 1.29 is 23.9 Å². The van der Waals surface area contributed by atoms with Gasteiger partial charge in [-0.05, 0) is 18.6 Å². The van der Waals surface area contributed by atoms with Crippen molar-refractivity contribution in [3.05, 3.63) is 23.3 Å². The standard InChI is InChI=1S/C19H22N4O5/c1-22(14-4-5-15(25)21-18(14)26)19(27)16-11(9-24)2-3-13-17(16)28-10-12-8-20-6-7-23(12)13/h2-3,9,12,14,20H,4-8,10H2,1H3,(H,21,25,26). The summed E-state index contributed by atoms with van der Waals surface area (Å²) in [5.41, 5.74) is 1.16. The molecule has 0 spiro atoms. The molecule has 4 rings (SSSR count). The van der Waals surface area contributed by atoms with Crippen LogP contribution < -0.4 is 20.3 Å². The van der Waals surface area contributed by atoms with E-state index in [-0.39, 0.29) is 35.9 Å². The largest absolute Gasteiger partial charge is 0.488 e. The Labute approximate surface area is 162 Å². The molecule has 3 heterocycles. The molecule has 3 aliphatic heterocycles. The van der Waals surface area contributed by atoms with E-state index in [1.165, 1.54) is 11.9 Å². The third-order valence-electron chi connectivity index (χ3n) is 5.59. The van der Waals surface area contributed by atoms with Crippen molar-refractivity contribution >= 4 is 29.7 Å². The first-order valence-electron chi connectivity index (χ1n) is 9.34. The van der Waals surface area contributed by atoms with E-state index in [0.717, 1.165) is 25.3 Å². The molecule has 0 saturated carbocycles. The van der Waals surface area contributed by atoms with Gasteiger partial charge in [0.05, 0.1) is 17.3 Å². The number of piperazine rings is 1. The molecule has 9 heteroatoms. The average Bonchev–Trinajstić information content (AvgIpc) is 2.71. The molecule has 148 valence electrons. The van der Waals surface area contributed by atoms with Crippen LogP contribution in [0.3, 0.4) is 0 Å². The Bertz CT molecular complexity index is 855. The smallest absolute Gasteiger partial charge is 0.258 e. The van der Waals surface area contributed by atoms with E-state index < -0.39 is 17.9 Å². The van der Waals surface area contributed by atoms with E-state index in [4.69, 9.17) is 4.74 Å². The zero-order valence-electron chi connectivity index (χ0n) is 15.6. The summed E-state index contributed by atoms with van der Waals surface area (Å²) >= 11 is 0. The lowest BCUT2D eigenvalue weighted by Gasteiger charge is -2.42. The highest BCUT2D eigenvalue weighted by Gasteiger charge is 2.37. The van der Waals surface area contributed by atoms with Crippen LogP contribution in [0.15, 0.2) is 12.1 Å². The van der Waals surface area contributed by atoms with Gasteiger partial charge in [0.2, 0.25) is 11.8 Å². The number of ether oxygens (including phenoxy) is 1. The Morgan fingerprint density at radius 2 is 2.18 bits per heavy atom. The van der Waals surface area contributed by atoms with Crippen molar-refractivity contribution in [1.82, 2.24) is 15.5 Å². The number of aldehydes is 1. The molecular formula is C19H22N4O5. The lowest BCUT2D eigenvalue weighted by Crippen LogP contribution is -2.56. The number of benzene rings is 1. The molecule has 0 aliphatic carbocycles. The summed E-state index contributed by atoms with van der Waals surface area (Å²) in [5, 5.41) is 5.58. The van der Waals surface area contributed by atoms with Crippen molar-refractivity contribution in [3.8, 4) is 5.75 Å². The number of anilines is 1. The number of rotatable bonds is 3. The van der Waals surface area contributed by atoms with Gasteiger partial charge in [-0.15, -0.1) is 0 Å². The lowest BCUT2D eigenvalue weighted by molar-refractivity contribution is -0.136. The minimum Gasteiger partial charge on any atom is -0.488 e. The van der Waals surface area contributed by atoms with Crippen molar-refractivity contribution in [1.29, 1.82) is 0 Å². The number of nitrogens with one attached hydrogen (secondary N) is 2. The summed E-state index contributed by atoms with van der Waals surface area (Å²) in [6.45, 7) is 2.79. The Morgan fingerprint density at radius 1 is 1.36 bits per heavy atom. The molecule has 2 N–H and O–H groups in total. The van der Waals surface area contributed by atoms with Gasteiger partial charge in [-0.2, -0.15) is 0 Å². The molecule has 0 aromatic heterocycles. The first-order chi connectivity index (χ1) is 13.5. The number of hydrogen-bond donors (Lipinski definition) is 2. The molecule has 3 amide bonds. The summed E-state index contributed by atoms with van der Waals surface area (Å²) in [6.07, 6.45) is 1.04. The molecular weight excluding hydrogens is 364 g/mol. The fraction of sp³-hybridized carbons (Fsp3) is 0.474. The Balaban J connectivity index is 1.70. The summed E-state index contributed by atoms with van der Waals surface area (Å²) in [7, 11) is 1.51. The number of carbonyl (C=O) groups excluding carboxylic acids is 4. The number of amides is 3. The van der Waals surface area contributed by atoms with Gasteiger partial charge in [0.25, 0.3) is 5.91 Å². The van der Waals surface area contributed by atoms with E-state index in [9.17, 15) is 19.2 Å². The first kappa shape index (κ1) is 18.4. The Morgan fingerprint density at radius 3 is 2.93 bits per heavy atom. The van der Waals surface area contributed by atoms with Crippen LogP contribution in [0.2, 0.25) is 0 Å². The third kappa shape index (κ3) is 3.01. The Kier molecular flexibility index (Phi) is 4.76. The van der Waals surface area contributed by atoms with Crippen LogP contribution in [0.4, 0.5) is 5.69 Å². The fourth-order valence-electron chi connectivity index (χ4n) is 4.05. The maximum atomic E-state index is 13.3. The first-order valence-corrected chi connectivity index (χ1v) is 9.34. The summed E-state index contributed by atoms with van der Waals surface area (Å²) in [5.74, 6) is -0.942. The third-order valence-corrected chi connectivity index (χ3v) is 5.59. The topological polar surface area (TPSA) is 108 Å². The number of hydrogen-bond acceptors (Lipinski definition) is 7. The molecule has 0 radical (unpaired) electrons. The summed E-state index contributed by atoms with van der Waals surface area (Å²) < 4.78 is 5.93. The van der Waals surface area contributed by atoms with Gasteiger partial charge in [0, 0.05) is 38.7 Å². The average molecular weight is 386 g/mol. The van der Waals surface area contributed by atoms with E-state index in [1.807, 2.05) is 0 Å². The quantitative estimate of drug-likeness (QED) is 0.535. The summed E-state index contributed by atoms with van der Waals surface area (Å²) in [4.78, 5) is 51.9. The van der Waals surface area contributed by atoms with Crippen molar-refractivity contribution in [2.45, 2.75) is 24.9 Å². The number of carbonyl (C=O) groups is 4. The lowest BCUT2D eigenvalue weighted by atomic mass is 9.99. The zero-order chi connectivity index (χ0) is 19.8. The number of nitrogens with zero attached hydrogens (tertiary/aromatic N) is 2. The molecule has 2 atom stereocenters. The fourth-order valence-corrected chi connectivity index (χ4v) is 4.05. The number of likely N-dealkylation sites (N-methyl/N-ethyl adjacent to an activating group) is 1. The van der Waals surface area contributed by atoms with E-state index in [1.54, 1.807) is 12.1 Å². The maximum Gasteiger partial charge on any atom is 0.258 e. The van der Waals surface area contributed by atoms with Gasteiger partial charge in [0.15, 0.2) is 12.0 Å². The molecule has 3 aliphatic rings. The second-order valence-corrected chi connectivity index (χ2v) is 7.24. The Hall–Kier alpha value is -2.94. The number of imide groups is 1. The molecule has 2 fully saturated rings. The van der Waals surface area contributed by atoms with E-state index in [2.05, 4.69) is 15.5 Å². The molecule has 2 saturated heterocycles. The van der Waals surface area contributed by atoms with E-state index >= 15 is 0 Å². The molecule has 9 nitrogen and oxygen atoms in total. The van der Waals surface area contributed by atoms with Gasteiger partial charge in [-0.3, -0.25) is 24.5 Å². The molecule has 2 unspecified atom stereocenters. The van der Waals surface area contributed by atoms with Gasteiger partial charge in [0.1, 0.15) is 12.6 Å². The molecule has 0 bridgehead atoms. The van der Waals surface area contributed by atoms with Crippen LogP contribution in [0, 0.1) is 0 Å². The highest BCUT2D eigenvalue weighted by Crippen LogP contribution is 2.39. The van der Waals surface area contributed by atoms with Crippen molar-refractivity contribution in [2.24, 2.45) is 0 Å². The van der Waals surface area contributed by atoms with Gasteiger partial charge < -0.3 is 19.9 Å². The van der Waals surface area contributed by atoms with Crippen LogP contribution in [0.25, 0.3) is 0 Å². The van der Waals surface area contributed by atoms with Crippen LogP contribution in [0.1, 0.15) is 33.6 Å². The van der Waals surface area contributed by atoms with E-state index in [0.29, 0.717) is 18.6 Å². The highest BCUT2D eigenvalue weighted by molar-refractivity contribution is 6.08. The van der Waals surface area contributed by atoms with Crippen molar-refractivity contribution in [3.63, 3.8) is 0 Å². The van der Waals surface area contributed by atoms with Gasteiger partial charge in [-0.1, -0.05) is 0 Å². The monoisotopic (exact) mass is 386 g/mol. The second kappa shape index (κ2) is 7.23. The van der Waals surface area contributed by atoms with Crippen LogP contribution in [-0.2, 0) is 9.59 Å². The van der Waals surface area contributed by atoms with Crippen molar-refractivity contribution in [2.75, 3.05) is 38.2 Å². The predicted octanol–water partition coefficient (Wildman–Crippen LogP) is -0.453. The van der Waals surface area contributed by atoms with Crippen LogP contribution in [0.5, 0.6) is 5.75 Å². The van der Waals surface area contributed by atoms with Crippen LogP contribution >= 0.6 is 0 Å². The minimum absolute atomic E-state index is 0.164.